The monoisotopic (exact) mass is 412 g/mol. The number of piperidine rings is 1. The molecule has 7 heteroatoms. The van der Waals surface area contributed by atoms with Crippen LogP contribution in [0.4, 0.5) is 5.69 Å². The van der Waals surface area contributed by atoms with Crippen molar-refractivity contribution in [1.29, 1.82) is 0 Å². The van der Waals surface area contributed by atoms with E-state index in [0.717, 1.165) is 36.9 Å². The van der Waals surface area contributed by atoms with Crippen LogP contribution in [0.3, 0.4) is 0 Å². The van der Waals surface area contributed by atoms with Crippen molar-refractivity contribution in [3.8, 4) is 5.75 Å². The maximum absolute atomic E-state index is 13.3. The third kappa shape index (κ3) is 2.23. The molecule has 0 unspecified atom stereocenters. The molecule has 1 spiro atoms. The highest BCUT2D eigenvalue weighted by Crippen LogP contribution is 2.66. The zero-order valence-corrected chi connectivity index (χ0v) is 17.8. The van der Waals surface area contributed by atoms with Crippen LogP contribution >= 0.6 is 0 Å². The number of nitrogens with zero attached hydrogens (tertiary/aromatic N) is 2. The van der Waals surface area contributed by atoms with Gasteiger partial charge in [-0.2, -0.15) is 0 Å². The fraction of sp³-hybridized carbons (Fsp3) is 0.609. The Kier molecular flexibility index (Phi) is 4.18. The molecule has 4 aliphatic rings. The smallest absolute Gasteiger partial charge is 0.306 e. The normalized spacial score (nSPS) is 33.6. The van der Waals surface area contributed by atoms with Crippen molar-refractivity contribution < 1.29 is 23.9 Å². The summed E-state index contributed by atoms with van der Waals surface area (Å²) in [5.74, 6) is 0.522. The Morgan fingerprint density at radius 2 is 2.03 bits per heavy atom. The Bertz CT molecular complexity index is 946. The maximum atomic E-state index is 13.3. The lowest BCUT2D eigenvalue weighted by Crippen LogP contribution is -2.65. The van der Waals surface area contributed by atoms with Gasteiger partial charge in [-0.25, -0.2) is 0 Å². The maximum Gasteiger partial charge on any atom is 0.306 e. The van der Waals surface area contributed by atoms with Crippen molar-refractivity contribution in [2.75, 3.05) is 25.7 Å². The molecule has 3 aliphatic heterocycles. The van der Waals surface area contributed by atoms with Crippen LogP contribution in [0.15, 0.2) is 18.2 Å². The average molecular weight is 412 g/mol. The summed E-state index contributed by atoms with van der Waals surface area (Å²) in [7, 11) is 3.04. The molecule has 0 aromatic heterocycles. The van der Waals surface area contributed by atoms with Crippen LogP contribution in [0.5, 0.6) is 5.75 Å². The number of hydrogen-bond acceptors (Lipinski definition) is 5. The van der Waals surface area contributed by atoms with E-state index in [0.29, 0.717) is 25.1 Å². The van der Waals surface area contributed by atoms with Crippen LogP contribution in [-0.4, -0.2) is 55.5 Å². The van der Waals surface area contributed by atoms with Crippen LogP contribution in [0.1, 0.15) is 51.0 Å². The first-order valence-corrected chi connectivity index (χ1v) is 10.7. The van der Waals surface area contributed by atoms with Crippen molar-refractivity contribution >= 4 is 23.5 Å². The summed E-state index contributed by atoms with van der Waals surface area (Å²) < 4.78 is 10.7. The van der Waals surface area contributed by atoms with Gasteiger partial charge in [0.2, 0.25) is 11.8 Å². The van der Waals surface area contributed by atoms with E-state index in [4.69, 9.17) is 9.47 Å². The number of rotatable bonds is 3. The Labute approximate surface area is 176 Å². The Morgan fingerprint density at radius 1 is 1.23 bits per heavy atom. The molecule has 0 N–H and O–H groups in total. The SMILES string of the molecule is COC(=O)C[C@@]12CCCN3C(=O)C[C@]4(c5cccc(OC)c5N(C(C)=O)[C@@H]4CC1)[C@H]32. The first kappa shape index (κ1) is 19.4. The molecule has 3 fully saturated rings. The van der Waals surface area contributed by atoms with Gasteiger partial charge in [-0.1, -0.05) is 12.1 Å². The van der Waals surface area contributed by atoms with E-state index in [1.165, 1.54) is 7.11 Å². The van der Waals surface area contributed by atoms with Gasteiger partial charge >= 0.3 is 5.97 Å². The predicted molar refractivity (Wildman–Crippen MR) is 109 cm³/mol. The van der Waals surface area contributed by atoms with E-state index in [9.17, 15) is 14.4 Å². The Morgan fingerprint density at radius 3 is 2.73 bits per heavy atom. The lowest BCUT2D eigenvalue weighted by atomic mass is 9.52. The van der Waals surface area contributed by atoms with E-state index in [1.807, 2.05) is 28.0 Å². The summed E-state index contributed by atoms with van der Waals surface area (Å²) in [6, 6.07) is 5.65. The fourth-order valence-corrected chi connectivity index (χ4v) is 7.24. The largest absolute Gasteiger partial charge is 0.495 e. The number of ether oxygens (including phenoxy) is 2. The van der Waals surface area contributed by atoms with Gasteiger partial charge in [-0.15, -0.1) is 0 Å². The number of para-hydroxylation sites is 1. The van der Waals surface area contributed by atoms with E-state index in [-0.39, 0.29) is 35.3 Å². The molecule has 7 nitrogen and oxygen atoms in total. The van der Waals surface area contributed by atoms with Gasteiger partial charge in [-0.05, 0) is 37.3 Å². The third-order valence-electron chi connectivity index (χ3n) is 8.06. The highest BCUT2D eigenvalue weighted by Gasteiger charge is 2.71. The van der Waals surface area contributed by atoms with Gasteiger partial charge in [0.15, 0.2) is 0 Å². The second kappa shape index (κ2) is 6.46. The number of hydrogen-bond donors (Lipinski definition) is 0. The summed E-state index contributed by atoms with van der Waals surface area (Å²) in [5.41, 5.74) is 0.978. The van der Waals surface area contributed by atoms with E-state index in [1.54, 1.807) is 14.0 Å². The van der Waals surface area contributed by atoms with Gasteiger partial charge < -0.3 is 19.3 Å². The topological polar surface area (TPSA) is 76.2 Å². The lowest BCUT2D eigenvalue weighted by molar-refractivity contribution is -0.151. The molecule has 4 atom stereocenters. The van der Waals surface area contributed by atoms with Crippen LogP contribution in [-0.2, 0) is 24.5 Å². The van der Waals surface area contributed by atoms with Gasteiger partial charge in [-0.3, -0.25) is 14.4 Å². The van der Waals surface area contributed by atoms with Crippen molar-refractivity contribution in [3.63, 3.8) is 0 Å². The zero-order valence-electron chi connectivity index (χ0n) is 17.8. The summed E-state index contributed by atoms with van der Waals surface area (Å²) >= 11 is 0. The minimum absolute atomic E-state index is 0.0372. The lowest BCUT2D eigenvalue weighted by Gasteiger charge is -2.57. The number of methoxy groups -OCH3 is 2. The molecule has 2 amide bonds. The standard InChI is InChI=1S/C23H28N2O5/c1-14(26)25-17-8-10-22(13-19(28)30-3)9-5-11-24-18(27)12-23(17,21(22)24)15-6-4-7-16(29-2)20(15)25/h4,6-7,17,21H,5,8-13H2,1-3H3/t17-,21-,22-,23-/m1/s1. The third-order valence-corrected chi connectivity index (χ3v) is 8.06. The first-order valence-electron chi connectivity index (χ1n) is 10.7. The number of fused-ring (bicyclic) bond motifs is 1. The zero-order chi connectivity index (χ0) is 21.3. The highest BCUT2D eigenvalue weighted by molar-refractivity contribution is 5.99. The summed E-state index contributed by atoms with van der Waals surface area (Å²) in [6.07, 6.45) is 4.02. The molecule has 2 saturated heterocycles. The van der Waals surface area contributed by atoms with Gasteiger partial charge in [0.1, 0.15) is 5.75 Å². The minimum atomic E-state index is -0.515. The van der Waals surface area contributed by atoms with Crippen LogP contribution in [0.25, 0.3) is 0 Å². The minimum Gasteiger partial charge on any atom is -0.495 e. The molecular weight excluding hydrogens is 384 g/mol. The number of esters is 1. The van der Waals surface area contributed by atoms with Crippen molar-refractivity contribution in [3.05, 3.63) is 23.8 Å². The molecule has 1 aliphatic carbocycles. The summed E-state index contributed by atoms with van der Waals surface area (Å²) in [5, 5.41) is 0. The molecule has 160 valence electrons. The van der Waals surface area contributed by atoms with Crippen LogP contribution < -0.4 is 9.64 Å². The molecular formula is C23H28N2O5. The molecule has 0 radical (unpaired) electrons. The quantitative estimate of drug-likeness (QED) is 0.713. The number of carbonyl (C=O) groups excluding carboxylic acids is 3. The van der Waals surface area contributed by atoms with Crippen molar-refractivity contribution in [1.82, 2.24) is 4.90 Å². The fourth-order valence-electron chi connectivity index (χ4n) is 7.24. The van der Waals surface area contributed by atoms with Gasteiger partial charge in [0.25, 0.3) is 0 Å². The number of anilines is 1. The van der Waals surface area contributed by atoms with Gasteiger partial charge in [0, 0.05) is 36.8 Å². The van der Waals surface area contributed by atoms with E-state index in [2.05, 4.69) is 0 Å². The molecule has 30 heavy (non-hydrogen) atoms. The highest BCUT2D eigenvalue weighted by atomic mass is 16.5. The van der Waals surface area contributed by atoms with E-state index >= 15 is 0 Å². The van der Waals surface area contributed by atoms with Gasteiger partial charge in [0.05, 0.1) is 32.4 Å². The Hall–Kier alpha value is -2.57. The second-order valence-electron chi connectivity index (χ2n) is 9.23. The molecule has 1 aromatic rings. The molecule has 1 aromatic carbocycles. The molecule has 3 heterocycles. The number of amides is 2. The Balaban J connectivity index is 1.75. The van der Waals surface area contributed by atoms with E-state index < -0.39 is 5.41 Å². The van der Waals surface area contributed by atoms with Crippen molar-refractivity contribution in [2.45, 2.75) is 62.9 Å². The molecule has 1 saturated carbocycles. The average Bonchev–Trinajstić information content (AvgIpc) is 3.20. The summed E-state index contributed by atoms with van der Waals surface area (Å²) in [6.45, 7) is 2.29. The van der Waals surface area contributed by atoms with Crippen LogP contribution in [0.2, 0.25) is 0 Å². The number of benzene rings is 1. The second-order valence-corrected chi connectivity index (χ2v) is 9.23. The molecule has 0 bridgehead atoms. The summed E-state index contributed by atoms with van der Waals surface area (Å²) in [4.78, 5) is 42.5. The number of carbonyl (C=O) groups is 3. The molecule has 5 rings (SSSR count). The predicted octanol–water partition coefficient (Wildman–Crippen LogP) is 2.41. The van der Waals surface area contributed by atoms with Crippen LogP contribution in [0, 0.1) is 5.41 Å². The first-order chi connectivity index (χ1) is 14.4. The van der Waals surface area contributed by atoms with Crippen molar-refractivity contribution in [2.24, 2.45) is 5.41 Å².